The number of halogens is 5. The summed E-state index contributed by atoms with van der Waals surface area (Å²) in [6, 6.07) is 4.18. The van der Waals surface area contributed by atoms with E-state index in [9.17, 15) is 31.5 Å². The number of nitrogens with one attached hydrogen (secondary N) is 1. The highest BCUT2D eigenvalue weighted by molar-refractivity contribution is 5.97. The van der Waals surface area contributed by atoms with Crippen molar-refractivity contribution in [2.75, 3.05) is 12.4 Å². The van der Waals surface area contributed by atoms with Crippen LogP contribution in [0.1, 0.15) is 28.4 Å². The van der Waals surface area contributed by atoms with Crippen LogP contribution in [0.2, 0.25) is 0 Å². The first kappa shape index (κ1) is 22.4. The minimum Gasteiger partial charge on any atom is -0.493 e. The number of amides is 2. The van der Waals surface area contributed by atoms with Crippen molar-refractivity contribution >= 4 is 17.5 Å². The van der Waals surface area contributed by atoms with Gasteiger partial charge in [-0.1, -0.05) is 6.07 Å². The van der Waals surface area contributed by atoms with Crippen LogP contribution in [0.4, 0.5) is 27.6 Å². The second kappa shape index (κ2) is 8.46. The quantitative estimate of drug-likeness (QED) is 0.689. The second-order valence-electron chi connectivity index (χ2n) is 6.70. The first-order valence-corrected chi connectivity index (χ1v) is 8.83. The van der Waals surface area contributed by atoms with E-state index in [0.717, 1.165) is 25.3 Å². The molecule has 0 spiro atoms. The van der Waals surface area contributed by atoms with E-state index in [1.807, 2.05) is 0 Å². The van der Waals surface area contributed by atoms with Gasteiger partial charge in [-0.2, -0.15) is 17.6 Å². The highest BCUT2D eigenvalue weighted by Crippen LogP contribution is 2.45. The summed E-state index contributed by atoms with van der Waals surface area (Å²) in [5, 5.41) is 2.33. The van der Waals surface area contributed by atoms with Gasteiger partial charge in [0.25, 0.3) is 11.8 Å². The summed E-state index contributed by atoms with van der Waals surface area (Å²) in [5.74, 6) is -6.44. The Kier molecular flexibility index (Phi) is 6.11. The van der Waals surface area contributed by atoms with Crippen molar-refractivity contribution in [3.8, 4) is 5.75 Å². The summed E-state index contributed by atoms with van der Waals surface area (Å²) in [6.45, 7) is 0. The van der Waals surface area contributed by atoms with E-state index in [1.54, 1.807) is 0 Å². The van der Waals surface area contributed by atoms with Gasteiger partial charge in [-0.25, -0.2) is 4.39 Å². The molecule has 1 fully saturated rings. The Balaban J connectivity index is 1.96. The minimum atomic E-state index is -4.80. The maximum absolute atomic E-state index is 14.1. The Hall–Kier alpha value is -3.28. The van der Waals surface area contributed by atoms with Crippen LogP contribution in [0, 0.1) is 11.6 Å². The summed E-state index contributed by atoms with van der Waals surface area (Å²) < 4.78 is 77.4. The van der Waals surface area contributed by atoms with Crippen molar-refractivity contribution < 1.29 is 41.0 Å². The molecule has 1 aromatic heterocycles. The molecule has 7 nitrogen and oxygen atoms in total. The van der Waals surface area contributed by atoms with Gasteiger partial charge in [0, 0.05) is 23.4 Å². The Bertz CT molecular complexity index is 1010. The summed E-state index contributed by atoms with van der Waals surface area (Å²) in [5.41, 5.74) is 4.81. The fraction of sp³-hybridized carbons (Fsp3) is 0.316. The van der Waals surface area contributed by atoms with E-state index in [-0.39, 0.29) is 16.9 Å². The number of benzene rings is 1. The summed E-state index contributed by atoms with van der Waals surface area (Å²) >= 11 is 0. The largest absolute Gasteiger partial charge is 0.493 e. The monoisotopic (exact) mass is 445 g/mol. The number of rotatable bonds is 5. The van der Waals surface area contributed by atoms with Crippen molar-refractivity contribution in [2.45, 2.75) is 30.7 Å². The van der Waals surface area contributed by atoms with Gasteiger partial charge < -0.3 is 20.5 Å². The van der Waals surface area contributed by atoms with Crippen LogP contribution in [-0.4, -0.2) is 42.3 Å². The number of primary amides is 1. The van der Waals surface area contributed by atoms with Crippen LogP contribution in [0.3, 0.4) is 0 Å². The molecular weight excluding hydrogens is 429 g/mol. The normalized spacial score (nSPS) is 21.0. The first-order chi connectivity index (χ1) is 14.5. The molecule has 0 bridgehead atoms. The summed E-state index contributed by atoms with van der Waals surface area (Å²) in [7, 11) is 1.02. The average molecular weight is 445 g/mol. The summed E-state index contributed by atoms with van der Waals surface area (Å²) in [6.07, 6.45) is -8.37. The Morgan fingerprint density at radius 3 is 2.58 bits per heavy atom. The fourth-order valence-corrected chi connectivity index (χ4v) is 3.33. The third-order valence-corrected chi connectivity index (χ3v) is 4.73. The van der Waals surface area contributed by atoms with Gasteiger partial charge in [-0.3, -0.25) is 14.6 Å². The predicted octanol–water partition coefficient (Wildman–Crippen LogP) is 2.91. The van der Waals surface area contributed by atoms with Crippen LogP contribution < -0.4 is 15.8 Å². The molecule has 0 saturated carbocycles. The van der Waals surface area contributed by atoms with Crippen molar-refractivity contribution in [3.05, 3.63) is 53.4 Å². The number of anilines is 1. The number of nitrogens with two attached hydrogens (primary N) is 1. The van der Waals surface area contributed by atoms with Crippen molar-refractivity contribution in [3.63, 3.8) is 0 Å². The number of nitrogens with zero attached hydrogens (tertiary/aromatic N) is 1. The molecule has 3 N–H and O–H groups in total. The van der Waals surface area contributed by atoms with E-state index in [0.29, 0.717) is 0 Å². The van der Waals surface area contributed by atoms with Crippen LogP contribution in [0.5, 0.6) is 5.75 Å². The molecule has 0 aliphatic carbocycles. The zero-order valence-corrected chi connectivity index (χ0v) is 15.9. The number of pyridine rings is 1. The molecule has 3 unspecified atom stereocenters. The van der Waals surface area contributed by atoms with Crippen LogP contribution >= 0.6 is 0 Å². The maximum atomic E-state index is 14.1. The van der Waals surface area contributed by atoms with Crippen molar-refractivity contribution in [1.29, 1.82) is 0 Å². The Morgan fingerprint density at radius 2 is 1.97 bits per heavy atom. The van der Waals surface area contributed by atoms with E-state index >= 15 is 0 Å². The molecule has 31 heavy (non-hydrogen) atoms. The molecular formula is C19H16F5N3O4. The lowest BCUT2D eigenvalue weighted by atomic mass is 9.89. The van der Waals surface area contributed by atoms with E-state index in [4.69, 9.17) is 15.2 Å². The number of carbonyl (C=O) groups is 2. The lowest BCUT2D eigenvalue weighted by Crippen LogP contribution is -2.34. The molecule has 0 radical (unpaired) electrons. The molecule has 2 amide bonds. The lowest BCUT2D eigenvalue weighted by molar-refractivity contribution is -0.213. The molecule has 3 atom stereocenters. The Morgan fingerprint density at radius 1 is 1.26 bits per heavy atom. The van der Waals surface area contributed by atoms with Crippen LogP contribution in [0.25, 0.3) is 0 Å². The minimum absolute atomic E-state index is 0.0314. The number of aromatic nitrogens is 1. The van der Waals surface area contributed by atoms with Crippen LogP contribution in [0.15, 0.2) is 30.5 Å². The van der Waals surface area contributed by atoms with Gasteiger partial charge in [0.15, 0.2) is 17.7 Å². The predicted molar refractivity (Wildman–Crippen MR) is 96.4 cm³/mol. The molecule has 1 aromatic carbocycles. The molecule has 1 aliphatic rings. The lowest BCUT2D eigenvalue weighted by Gasteiger charge is -2.21. The molecule has 12 heteroatoms. The van der Waals surface area contributed by atoms with E-state index in [1.165, 1.54) is 12.3 Å². The SMILES string of the molecule is COc1c(C2CC(C(F)(F)F)OC2C(=O)Nc2ccnc(C(N)=O)c2)ccc(F)c1F. The molecule has 166 valence electrons. The number of hydrogen-bond acceptors (Lipinski definition) is 5. The molecule has 1 aliphatic heterocycles. The first-order valence-electron chi connectivity index (χ1n) is 8.83. The fourth-order valence-electron chi connectivity index (χ4n) is 3.33. The zero-order chi connectivity index (χ0) is 22.9. The smallest absolute Gasteiger partial charge is 0.414 e. The van der Waals surface area contributed by atoms with Gasteiger partial charge in [-0.05, 0) is 24.6 Å². The zero-order valence-electron chi connectivity index (χ0n) is 15.9. The topological polar surface area (TPSA) is 104 Å². The van der Waals surface area contributed by atoms with Gasteiger partial charge in [0.1, 0.15) is 11.8 Å². The van der Waals surface area contributed by atoms with Crippen LogP contribution in [-0.2, 0) is 9.53 Å². The number of methoxy groups -OCH3 is 1. The number of alkyl halides is 3. The van der Waals surface area contributed by atoms with Gasteiger partial charge >= 0.3 is 6.18 Å². The number of ether oxygens (including phenoxy) is 2. The second-order valence-corrected chi connectivity index (χ2v) is 6.70. The van der Waals surface area contributed by atoms with Crippen molar-refractivity contribution in [2.24, 2.45) is 5.73 Å². The molecule has 1 saturated heterocycles. The van der Waals surface area contributed by atoms with E-state index < -0.39 is 59.9 Å². The maximum Gasteiger partial charge on any atom is 0.414 e. The molecule has 2 heterocycles. The van der Waals surface area contributed by atoms with Gasteiger partial charge in [-0.15, -0.1) is 0 Å². The Labute approximate surface area is 172 Å². The third-order valence-electron chi connectivity index (χ3n) is 4.73. The third kappa shape index (κ3) is 4.58. The number of carbonyl (C=O) groups excluding carboxylic acids is 2. The summed E-state index contributed by atoms with van der Waals surface area (Å²) in [4.78, 5) is 27.7. The average Bonchev–Trinajstić information content (AvgIpc) is 3.16. The van der Waals surface area contributed by atoms with Gasteiger partial charge in [0.05, 0.1) is 7.11 Å². The van der Waals surface area contributed by atoms with Gasteiger partial charge in [0.2, 0.25) is 5.82 Å². The number of hydrogen-bond donors (Lipinski definition) is 2. The van der Waals surface area contributed by atoms with E-state index in [2.05, 4.69) is 10.3 Å². The molecule has 3 rings (SSSR count). The highest BCUT2D eigenvalue weighted by Gasteiger charge is 2.52. The molecule has 2 aromatic rings. The standard InChI is InChI=1S/C19H16F5N3O4/c1-30-15-9(2-3-11(20)14(15)21)10-7-13(19(22,23)24)31-16(10)18(29)27-8-4-5-26-12(6-8)17(25)28/h2-6,10,13,16H,7H2,1H3,(H2,25,28)(H,26,27,29). The highest BCUT2D eigenvalue weighted by atomic mass is 19.4. The van der Waals surface area contributed by atoms with Crippen molar-refractivity contribution in [1.82, 2.24) is 4.98 Å².